The van der Waals surface area contributed by atoms with Crippen LogP contribution in [0.5, 0.6) is 0 Å². The number of nitrogens with one attached hydrogen (secondary N) is 1. The summed E-state index contributed by atoms with van der Waals surface area (Å²) < 4.78 is 30.4. The van der Waals surface area contributed by atoms with Gasteiger partial charge in [-0.15, -0.1) is 0 Å². The van der Waals surface area contributed by atoms with Crippen molar-refractivity contribution in [3.05, 3.63) is 69.1 Å². The Morgan fingerprint density at radius 1 is 1.29 bits per heavy atom. The number of halogens is 2. The Hall–Kier alpha value is -3.49. The van der Waals surface area contributed by atoms with E-state index in [1.165, 1.54) is 22.3 Å². The van der Waals surface area contributed by atoms with E-state index in [1.54, 1.807) is 31.3 Å². The molecule has 3 heterocycles. The summed E-state index contributed by atoms with van der Waals surface area (Å²) in [7, 11) is 0. The number of para-hydroxylation sites is 1. The lowest BCUT2D eigenvalue weighted by atomic mass is 9.95. The Morgan fingerprint density at radius 2 is 2.00 bits per heavy atom. The van der Waals surface area contributed by atoms with Crippen molar-refractivity contribution in [2.75, 3.05) is 23.3 Å². The number of carboxylic acid groups (broad SMARTS) is 1. The van der Waals surface area contributed by atoms with Gasteiger partial charge < -0.3 is 15.3 Å². The molecule has 34 heavy (non-hydrogen) atoms. The molecule has 2 aromatic heterocycles. The molecular formula is C25H28F2N4O3. The molecule has 0 amide bonds. The van der Waals surface area contributed by atoms with Crippen LogP contribution in [0, 0.1) is 19.8 Å². The van der Waals surface area contributed by atoms with Crippen LogP contribution in [0.1, 0.15) is 53.4 Å². The number of fused-ring (bicyclic) bond motifs is 1. The predicted octanol–water partition coefficient (Wildman–Crippen LogP) is 4.66. The Labute approximate surface area is 196 Å². The molecule has 0 radical (unpaired) electrons. The number of hydrogen-bond acceptors (Lipinski definition) is 5. The number of benzene rings is 1. The summed E-state index contributed by atoms with van der Waals surface area (Å²) in [5.74, 6) is -4.40. The minimum Gasteiger partial charge on any atom is -0.478 e. The molecule has 7 nitrogen and oxygen atoms in total. The maximum atomic E-state index is 14.5. The number of rotatable bonds is 5. The normalized spacial score (nSPS) is 18.6. The van der Waals surface area contributed by atoms with Crippen molar-refractivity contribution >= 4 is 23.1 Å². The van der Waals surface area contributed by atoms with Crippen LogP contribution in [-0.2, 0) is 0 Å². The van der Waals surface area contributed by atoms with E-state index in [0.29, 0.717) is 35.4 Å². The number of carbonyl (C=O) groups is 1. The first-order chi connectivity index (χ1) is 16.0. The average molecular weight is 471 g/mol. The highest BCUT2D eigenvalue weighted by molar-refractivity contribution is 5.94. The smallest absolute Gasteiger partial charge is 0.337 e. The number of piperidine rings is 1. The largest absolute Gasteiger partial charge is 0.478 e. The number of aromatic nitrogens is 2. The van der Waals surface area contributed by atoms with Gasteiger partial charge in [-0.05, 0) is 51.0 Å². The summed E-state index contributed by atoms with van der Waals surface area (Å²) >= 11 is 0. The zero-order valence-electron chi connectivity index (χ0n) is 19.6. The maximum absolute atomic E-state index is 14.5. The van der Waals surface area contributed by atoms with Crippen LogP contribution in [0.3, 0.4) is 0 Å². The van der Waals surface area contributed by atoms with Gasteiger partial charge in [-0.3, -0.25) is 9.20 Å². The van der Waals surface area contributed by atoms with E-state index in [2.05, 4.69) is 5.32 Å². The SMILES string of the molecule is Cc1cc([C@@H](C)Nc2ccccc2C(=O)O)c2nc(N3CC[C@H](C)C(F)(F)C3)c(C)c(=O)n2c1. The fourth-order valence-corrected chi connectivity index (χ4v) is 4.45. The summed E-state index contributed by atoms with van der Waals surface area (Å²) in [5, 5.41) is 12.7. The fourth-order valence-electron chi connectivity index (χ4n) is 4.45. The highest BCUT2D eigenvalue weighted by atomic mass is 19.3. The van der Waals surface area contributed by atoms with Gasteiger partial charge in [-0.2, -0.15) is 0 Å². The van der Waals surface area contributed by atoms with Crippen LogP contribution >= 0.6 is 0 Å². The van der Waals surface area contributed by atoms with Crippen LogP contribution in [0.25, 0.3) is 5.65 Å². The van der Waals surface area contributed by atoms with Gasteiger partial charge in [0.2, 0.25) is 0 Å². The number of hydrogen-bond donors (Lipinski definition) is 2. The first-order valence-corrected chi connectivity index (χ1v) is 11.2. The number of carboxylic acids is 1. The van der Waals surface area contributed by atoms with Gasteiger partial charge in [0.25, 0.3) is 11.5 Å². The fraction of sp³-hybridized carbons (Fsp3) is 0.400. The number of aryl methyl sites for hydroxylation is 1. The molecule has 1 saturated heterocycles. The summed E-state index contributed by atoms with van der Waals surface area (Å²) in [6.45, 7) is 6.74. The Morgan fingerprint density at radius 3 is 2.68 bits per heavy atom. The zero-order chi connectivity index (χ0) is 24.8. The van der Waals surface area contributed by atoms with E-state index in [1.807, 2.05) is 19.9 Å². The third kappa shape index (κ3) is 4.22. The number of aromatic carboxylic acids is 1. The molecule has 1 fully saturated rings. The van der Waals surface area contributed by atoms with Crippen molar-refractivity contribution < 1.29 is 18.7 Å². The van der Waals surface area contributed by atoms with Gasteiger partial charge in [0, 0.05) is 29.9 Å². The first-order valence-electron chi connectivity index (χ1n) is 11.2. The van der Waals surface area contributed by atoms with Crippen molar-refractivity contribution in [1.82, 2.24) is 9.38 Å². The quantitative estimate of drug-likeness (QED) is 0.564. The van der Waals surface area contributed by atoms with Crippen molar-refractivity contribution in [3.63, 3.8) is 0 Å². The van der Waals surface area contributed by atoms with Crippen molar-refractivity contribution in [1.29, 1.82) is 0 Å². The van der Waals surface area contributed by atoms with E-state index in [9.17, 15) is 23.5 Å². The Kier molecular flexibility index (Phi) is 6.05. The molecule has 180 valence electrons. The first kappa shape index (κ1) is 23.7. The molecule has 0 aliphatic carbocycles. The standard InChI is InChI=1S/C25H28F2N4O3/c1-14-11-19(17(4)28-20-8-6-5-7-18(20)24(33)34)22-29-21(16(3)23(32)31(22)12-14)30-10-9-15(2)25(26,27)13-30/h5-8,11-12,15,17,28H,9-10,13H2,1-4H3,(H,33,34)/t15-,17+/m0/s1. The summed E-state index contributed by atoms with van der Waals surface area (Å²) in [6, 6.07) is 8.01. The minimum absolute atomic E-state index is 0.123. The van der Waals surface area contributed by atoms with E-state index >= 15 is 0 Å². The van der Waals surface area contributed by atoms with Crippen LogP contribution in [0.15, 0.2) is 41.3 Å². The molecule has 1 aliphatic rings. The second-order valence-electron chi connectivity index (χ2n) is 9.12. The molecule has 1 aliphatic heterocycles. The van der Waals surface area contributed by atoms with Gasteiger partial charge >= 0.3 is 5.97 Å². The van der Waals surface area contributed by atoms with Crippen LogP contribution in [0.4, 0.5) is 20.3 Å². The van der Waals surface area contributed by atoms with Crippen molar-refractivity contribution in [2.24, 2.45) is 5.92 Å². The van der Waals surface area contributed by atoms with Crippen molar-refractivity contribution in [2.45, 2.75) is 46.1 Å². The molecule has 0 saturated carbocycles. The van der Waals surface area contributed by atoms with Gasteiger partial charge in [0.15, 0.2) is 0 Å². The topological polar surface area (TPSA) is 86.9 Å². The molecule has 0 unspecified atom stereocenters. The molecular weight excluding hydrogens is 442 g/mol. The number of nitrogens with zero attached hydrogens (tertiary/aromatic N) is 3. The minimum atomic E-state index is -2.87. The third-order valence-corrected chi connectivity index (χ3v) is 6.54. The number of anilines is 2. The van der Waals surface area contributed by atoms with Crippen LogP contribution < -0.4 is 15.8 Å². The highest BCUT2D eigenvalue weighted by Crippen LogP contribution is 2.35. The molecule has 4 rings (SSSR count). The monoisotopic (exact) mass is 470 g/mol. The molecule has 0 bridgehead atoms. The van der Waals surface area contributed by atoms with Gasteiger partial charge in [-0.1, -0.05) is 19.1 Å². The summed E-state index contributed by atoms with van der Waals surface area (Å²) in [5.41, 5.74) is 2.39. The number of alkyl halides is 2. The lowest BCUT2D eigenvalue weighted by Crippen LogP contribution is -2.48. The summed E-state index contributed by atoms with van der Waals surface area (Å²) in [6.07, 6.45) is 1.98. The van der Waals surface area contributed by atoms with Crippen molar-refractivity contribution in [3.8, 4) is 0 Å². The van der Waals surface area contributed by atoms with E-state index in [0.717, 1.165) is 5.56 Å². The van der Waals surface area contributed by atoms with Gasteiger partial charge in [0.05, 0.1) is 23.7 Å². The molecule has 2 N–H and O–H groups in total. The zero-order valence-corrected chi connectivity index (χ0v) is 19.6. The average Bonchev–Trinajstić information content (AvgIpc) is 2.78. The maximum Gasteiger partial charge on any atom is 0.337 e. The van der Waals surface area contributed by atoms with Crippen LogP contribution in [-0.4, -0.2) is 39.5 Å². The predicted molar refractivity (Wildman–Crippen MR) is 127 cm³/mol. The molecule has 3 aromatic rings. The lowest BCUT2D eigenvalue weighted by molar-refractivity contribution is -0.0573. The third-order valence-electron chi connectivity index (χ3n) is 6.54. The van der Waals surface area contributed by atoms with E-state index < -0.39 is 30.4 Å². The number of pyridine rings is 1. The van der Waals surface area contributed by atoms with E-state index in [-0.39, 0.29) is 16.9 Å². The second-order valence-corrected chi connectivity index (χ2v) is 9.12. The van der Waals surface area contributed by atoms with Crippen LogP contribution in [0.2, 0.25) is 0 Å². The molecule has 9 heteroatoms. The van der Waals surface area contributed by atoms with Gasteiger partial charge in [0.1, 0.15) is 11.5 Å². The summed E-state index contributed by atoms with van der Waals surface area (Å²) in [4.78, 5) is 31.1. The van der Waals surface area contributed by atoms with E-state index in [4.69, 9.17) is 4.98 Å². The highest BCUT2D eigenvalue weighted by Gasteiger charge is 2.42. The molecule has 2 atom stereocenters. The van der Waals surface area contributed by atoms with Gasteiger partial charge in [-0.25, -0.2) is 18.6 Å². The molecule has 0 spiro atoms. The molecule has 1 aromatic carbocycles. The lowest BCUT2D eigenvalue weighted by Gasteiger charge is -2.38. The Balaban J connectivity index is 1.82. The second kappa shape index (κ2) is 8.70. The Bertz CT molecular complexity index is 1320.